The van der Waals surface area contributed by atoms with Gasteiger partial charge in [0.2, 0.25) is 6.29 Å². The molecule has 1 aliphatic rings. The molecule has 100 valence electrons. The highest BCUT2D eigenvalue weighted by Gasteiger charge is 2.44. The Hall–Kier alpha value is -0.850. The van der Waals surface area contributed by atoms with Crippen molar-refractivity contribution in [1.29, 1.82) is 0 Å². The molecule has 0 saturated carbocycles. The fourth-order valence-electron chi connectivity index (χ4n) is 1.77. The van der Waals surface area contributed by atoms with Crippen LogP contribution >= 0.6 is 11.6 Å². The summed E-state index contributed by atoms with van der Waals surface area (Å²) in [5, 5.41) is 29.1. The van der Waals surface area contributed by atoms with Crippen LogP contribution in [0.25, 0.3) is 0 Å². The maximum absolute atomic E-state index is 9.78. The Balaban J connectivity index is 2.08. The minimum atomic E-state index is -1.35. The van der Waals surface area contributed by atoms with Crippen molar-refractivity contribution in [2.24, 2.45) is 0 Å². The smallest absolute Gasteiger partial charge is 0.229 e. The third-order valence-electron chi connectivity index (χ3n) is 2.82. The lowest BCUT2D eigenvalue weighted by molar-refractivity contribution is -0.267. The van der Waals surface area contributed by atoms with E-state index < -0.39 is 30.7 Å². The van der Waals surface area contributed by atoms with E-state index in [-0.39, 0.29) is 5.88 Å². The van der Waals surface area contributed by atoms with Crippen LogP contribution in [0.2, 0.25) is 0 Å². The first kappa shape index (κ1) is 13.6. The zero-order valence-corrected chi connectivity index (χ0v) is 10.3. The van der Waals surface area contributed by atoms with E-state index >= 15 is 0 Å². The molecular formula is C12H15ClO5. The second-order valence-electron chi connectivity index (χ2n) is 4.10. The average molecular weight is 275 g/mol. The lowest BCUT2D eigenvalue weighted by atomic mass is 10.00. The zero-order chi connectivity index (χ0) is 13.1. The van der Waals surface area contributed by atoms with Crippen LogP contribution in [0.3, 0.4) is 0 Å². The Morgan fingerprint density at radius 1 is 1.06 bits per heavy atom. The normalized spacial score (nSPS) is 36.3. The number of para-hydroxylation sites is 1. The molecule has 1 fully saturated rings. The van der Waals surface area contributed by atoms with Crippen LogP contribution in [0, 0.1) is 0 Å². The molecule has 0 aromatic heterocycles. The number of hydrogen-bond acceptors (Lipinski definition) is 5. The molecule has 6 heteroatoms. The topological polar surface area (TPSA) is 79.2 Å². The Bertz CT molecular complexity index is 372. The minimum Gasteiger partial charge on any atom is -0.462 e. The Kier molecular flexibility index (Phi) is 4.42. The molecule has 0 radical (unpaired) electrons. The first-order valence-corrected chi connectivity index (χ1v) is 6.14. The van der Waals surface area contributed by atoms with Crippen molar-refractivity contribution >= 4 is 11.6 Å². The van der Waals surface area contributed by atoms with Crippen LogP contribution in [0.1, 0.15) is 0 Å². The van der Waals surface area contributed by atoms with Gasteiger partial charge in [-0.05, 0) is 12.1 Å². The van der Waals surface area contributed by atoms with Gasteiger partial charge in [0.05, 0.1) is 5.88 Å². The van der Waals surface area contributed by atoms with Gasteiger partial charge in [-0.15, -0.1) is 11.6 Å². The van der Waals surface area contributed by atoms with Crippen molar-refractivity contribution in [3.05, 3.63) is 30.3 Å². The number of hydrogen-bond donors (Lipinski definition) is 3. The predicted molar refractivity (Wildman–Crippen MR) is 64.5 cm³/mol. The largest absolute Gasteiger partial charge is 0.462 e. The number of alkyl halides is 1. The molecule has 0 spiro atoms. The van der Waals surface area contributed by atoms with Crippen LogP contribution < -0.4 is 4.74 Å². The van der Waals surface area contributed by atoms with Gasteiger partial charge in [0.1, 0.15) is 30.2 Å². The second-order valence-corrected chi connectivity index (χ2v) is 4.41. The maximum Gasteiger partial charge on any atom is 0.229 e. The molecule has 1 heterocycles. The van der Waals surface area contributed by atoms with E-state index in [0.717, 1.165) is 0 Å². The summed E-state index contributed by atoms with van der Waals surface area (Å²) in [5.74, 6) is 0.498. The first-order valence-electron chi connectivity index (χ1n) is 5.61. The number of rotatable bonds is 3. The minimum absolute atomic E-state index is 0.000400. The number of ether oxygens (including phenoxy) is 2. The van der Waals surface area contributed by atoms with Crippen LogP contribution in [0.15, 0.2) is 30.3 Å². The molecule has 3 N–H and O–H groups in total. The molecule has 1 aliphatic heterocycles. The Morgan fingerprint density at radius 2 is 1.72 bits per heavy atom. The van der Waals surface area contributed by atoms with Crippen LogP contribution in [0.5, 0.6) is 5.75 Å². The molecule has 0 aliphatic carbocycles. The van der Waals surface area contributed by atoms with Gasteiger partial charge in [0.15, 0.2) is 0 Å². The predicted octanol–water partition coefficient (Wildman–Crippen LogP) is 0.112. The third-order valence-corrected chi connectivity index (χ3v) is 3.12. The summed E-state index contributed by atoms with van der Waals surface area (Å²) in [6.45, 7) is 0. The molecule has 5 atom stereocenters. The molecule has 18 heavy (non-hydrogen) atoms. The summed E-state index contributed by atoms with van der Waals surface area (Å²) in [5.41, 5.74) is 0. The van der Waals surface area contributed by atoms with Gasteiger partial charge in [0.25, 0.3) is 0 Å². The van der Waals surface area contributed by atoms with Crippen molar-refractivity contribution < 1.29 is 24.8 Å². The molecule has 2 rings (SSSR count). The van der Waals surface area contributed by atoms with Gasteiger partial charge < -0.3 is 24.8 Å². The quantitative estimate of drug-likeness (QED) is 0.682. The summed E-state index contributed by atoms with van der Waals surface area (Å²) >= 11 is 5.62. The van der Waals surface area contributed by atoms with E-state index in [9.17, 15) is 15.3 Å². The fraction of sp³-hybridized carbons (Fsp3) is 0.500. The summed E-state index contributed by atoms with van der Waals surface area (Å²) in [6, 6.07) is 8.77. The van der Waals surface area contributed by atoms with E-state index in [1.54, 1.807) is 24.3 Å². The highest BCUT2D eigenvalue weighted by molar-refractivity contribution is 6.18. The van der Waals surface area contributed by atoms with E-state index in [4.69, 9.17) is 21.1 Å². The molecule has 1 aromatic carbocycles. The van der Waals surface area contributed by atoms with Crippen LogP contribution in [0.4, 0.5) is 0 Å². The molecule has 5 nitrogen and oxygen atoms in total. The van der Waals surface area contributed by atoms with Gasteiger partial charge in [-0.2, -0.15) is 0 Å². The van der Waals surface area contributed by atoms with Gasteiger partial charge >= 0.3 is 0 Å². The van der Waals surface area contributed by atoms with Crippen molar-refractivity contribution in [1.82, 2.24) is 0 Å². The van der Waals surface area contributed by atoms with Crippen molar-refractivity contribution in [2.45, 2.75) is 30.7 Å². The number of aliphatic hydroxyl groups excluding tert-OH is 3. The standard InChI is InChI=1S/C12H15ClO5/c13-6-8-9(14)10(15)11(16)12(18-8)17-7-4-2-1-3-5-7/h1-5,8-12,14-16H,6H2/t8-,9-,10+,11-,12+/m1/s1. The van der Waals surface area contributed by atoms with Gasteiger partial charge in [-0.25, -0.2) is 0 Å². The van der Waals surface area contributed by atoms with Gasteiger partial charge in [-0.3, -0.25) is 0 Å². The number of halogens is 1. The Labute approximate surface area is 110 Å². The van der Waals surface area contributed by atoms with Crippen molar-refractivity contribution in [3.63, 3.8) is 0 Å². The lowest BCUT2D eigenvalue weighted by Gasteiger charge is -2.39. The summed E-state index contributed by atoms with van der Waals surface area (Å²) in [6.07, 6.45) is -5.75. The van der Waals surface area contributed by atoms with E-state index in [1.807, 2.05) is 6.07 Å². The summed E-state index contributed by atoms with van der Waals surface area (Å²) < 4.78 is 10.7. The molecule has 0 bridgehead atoms. The number of benzene rings is 1. The first-order chi connectivity index (χ1) is 8.63. The fourth-order valence-corrected chi connectivity index (χ4v) is 2.03. The van der Waals surface area contributed by atoms with E-state index in [0.29, 0.717) is 5.75 Å². The van der Waals surface area contributed by atoms with E-state index in [2.05, 4.69) is 0 Å². The van der Waals surface area contributed by atoms with Gasteiger partial charge in [0, 0.05) is 0 Å². The van der Waals surface area contributed by atoms with Crippen LogP contribution in [-0.2, 0) is 4.74 Å². The SMILES string of the molecule is O[C@@H]1[C@@H](O)[C@@H](Oc2ccccc2)O[C@H](CCl)[C@H]1O. The second kappa shape index (κ2) is 5.86. The summed E-state index contributed by atoms with van der Waals surface area (Å²) in [7, 11) is 0. The zero-order valence-electron chi connectivity index (χ0n) is 9.52. The Morgan fingerprint density at radius 3 is 2.33 bits per heavy atom. The molecular weight excluding hydrogens is 260 g/mol. The number of aliphatic hydroxyl groups is 3. The average Bonchev–Trinajstić information content (AvgIpc) is 2.40. The molecule has 0 amide bonds. The molecule has 1 saturated heterocycles. The van der Waals surface area contributed by atoms with Crippen LogP contribution in [-0.4, -0.2) is 51.9 Å². The highest BCUT2D eigenvalue weighted by atomic mass is 35.5. The van der Waals surface area contributed by atoms with Gasteiger partial charge in [-0.1, -0.05) is 18.2 Å². The van der Waals surface area contributed by atoms with Crippen molar-refractivity contribution in [2.75, 3.05) is 5.88 Å². The third kappa shape index (κ3) is 2.76. The highest BCUT2D eigenvalue weighted by Crippen LogP contribution is 2.24. The lowest BCUT2D eigenvalue weighted by Crippen LogP contribution is -2.59. The molecule has 1 aromatic rings. The summed E-state index contributed by atoms with van der Waals surface area (Å²) in [4.78, 5) is 0. The van der Waals surface area contributed by atoms with E-state index in [1.165, 1.54) is 0 Å². The maximum atomic E-state index is 9.78. The molecule has 0 unspecified atom stereocenters. The monoisotopic (exact) mass is 274 g/mol. The van der Waals surface area contributed by atoms with Crippen molar-refractivity contribution in [3.8, 4) is 5.75 Å².